The van der Waals surface area contributed by atoms with E-state index in [4.69, 9.17) is 0 Å². The summed E-state index contributed by atoms with van der Waals surface area (Å²) in [5, 5.41) is 1.06. The molecule has 0 fully saturated rings. The number of imidazole rings is 2. The first kappa shape index (κ1) is 15.9. The molecule has 0 aliphatic carbocycles. The largest absolute Gasteiger partial charge is 0.335 e. The number of aryl methyl sites for hydroxylation is 4. The molecule has 3 rings (SSSR count). The van der Waals surface area contributed by atoms with Gasteiger partial charge in [-0.1, -0.05) is 23.9 Å². The van der Waals surface area contributed by atoms with Gasteiger partial charge in [-0.15, -0.1) is 0 Å². The molecule has 2 heterocycles. The van der Waals surface area contributed by atoms with Crippen molar-refractivity contribution in [1.82, 2.24) is 19.1 Å². The molecule has 0 atom stereocenters. The van der Waals surface area contributed by atoms with Crippen LogP contribution in [0.25, 0.3) is 5.69 Å². The third kappa shape index (κ3) is 3.67. The van der Waals surface area contributed by atoms with Crippen LogP contribution in [0.1, 0.15) is 23.4 Å². The van der Waals surface area contributed by atoms with E-state index in [2.05, 4.69) is 51.1 Å². The van der Waals surface area contributed by atoms with Crippen LogP contribution in [0.3, 0.4) is 0 Å². The topological polar surface area (TPSA) is 35.6 Å². The minimum atomic E-state index is 1.00. The van der Waals surface area contributed by atoms with Crippen LogP contribution in [0.2, 0.25) is 0 Å². The van der Waals surface area contributed by atoms with E-state index in [0.29, 0.717) is 0 Å². The molecule has 23 heavy (non-hydrogen) atoms. The van der Waals surface area contributed by atoms with E-state index < -0.39 is 0 Å². The number of rotatable bonds is 6. The summed E-state index contributed by atoms with van der Waals surface area (Å²) in [5.74, 6) is 2.12. The molecular formula is C18H22N4S. The first-order valence-electron chi connectivity index (χ1n) is 7.86. The Kier molecular flexibility index (Phi) is 4.86. The average Bonchev–Trinajstić information content (AvgIpc) is 3.15. The molecule has 0 radical (unpaired) electrons. The van der Waals surface area contributed by atoms with Gasteiger partial charge in [-0.3, -0.25) is 4.57 Å². The molecule has 0 unspecified atom stereocenters. The Bertz CT molecular complexity index is 788. The standard InChI is InChI=1S/C18H22N4S/c1-14-5-6-15(2)17(13-14)22-11-8-20-18(22)23-12-4-9-21-10-7-19-16(21)3/h5-8,10-11,13H,4,9,12H2,1-3H3. The smallest absolute Gasteiger partial charge is 0.172 e. The van der Waals surface area contributed by atoms with Gasteiger partial charge >= 0.3 is 0 Å². The lowest BCUT2D eigenvalue weighted by molar-refractivity contribution is 0.661. The van der Waals surface area contributed by atoms with Crippen LogP contribution in [-0.4, -0.2) is 24.9 Å². The van der Waals surface area contributed by atoms with Crippen LogP contribution < -0.4 is 0 Å². The van der Waals surface area contributed by atoms with E-state index in [-0.39, 0.29) is 0 Å². The maximum atomic E-state index is 4.52. The number of nitrogens with zero attached hydrogens (tertiary/aromatic N) is 4. The Morgan fingerprint density at radius 2 is 1.87 bits per heavy atom. The Hall–Kier alpha value is -2.01. The highest BCUT2D eigenvalue weighted by Gasteiger charge is 2.08. The summed E-state index contributed by atoms with van der Waals surface area (Å²) >= 11 is 1.81. The molecule has 4 nitrogen and oxygen atoms in total. The molecule has 0 spiro atoms. The molecule has 0 aliphatic heterocycles. The predicted molar refractivity (Wildman–Crippen MR) is 95.3 cm³/mol. The number of hydrogen-bond acceptors (Lipinski definition) is 3. The SMILES string of the molecule is Cc1ccc(C)c(-n2ccnc2SCCCn2ccnc2C)c1. The maximum Gasteiger partial charge on any atom is 0.172 e. The summed E-state index contributed by atoms with van der Waals surface area (Å²) in [6.45, 7) is 7.31. The molecule has 0 aliphatic rings. The Morgan fingerprint density at radius 1 is 1.04 bits per heavy atom. The Morgan fingerprint density at radius 3 is 2.65 bits per heavy atom. The van der Waals surface area contributed by atoms with Crippen molar-refractivity contribution >= 4 is 11.8 Å². The van der Waals surface area contributed by atoms with Crippen LogP contribution >= 0.6 is 11.8 Å². The highest BCUT2D eigenvalue weighted by molar-refractivity contribution is 7.99. The van der Waals surface area contributed by atoms with Gasteiger partial charge in [0.1, 0.15) is 5.82 Å². The van der Waals surface area contributed by atoms with Crippen molar-refractivity contribution in [3.63, 3.8) is 0 Å². The van der Waals surface area contributed by atoms with Crippen molar-refractivity contribution in [2.75, 3.05) is 5.75 Å². The van der Waals surface area contributed by atoms with Gasteiger partial charge < -0.3 is 4.57 Å². The van der Waals surface area contributed by atoms with Gasteiger partial charge in [0.2, 0.25) is 0 Å². The van der Waals surface area contributed by atoms with Crippen LogP contribution in [0.5, 0.6) is 0 Å². The van der Waals surface area contributed by atoms with E-state index >= 15 is 0 Å². The van der Waals surface area contributed by atoms with Crippen LogP contribution in [0.4, 0.5) is 0 Å². The van der Waals surface area contributed by atoms with Crippen molar-refractivity contribution in [3.05, 3.63) is 59.9 Å². The van der Waals surface area contributed by atoms with Gasteiger partial charge in [-0.2, -0.15) is 0 Å². The summed E-state index contributed by atoms with van der Waals surface area (Å²) in [5.41, 5.74) is 3.76. The summed E-state index contributed by atoms with van der Waals surface area (Å²) in [6.07, 6.45) is 8.92. The zero-order valence-corrected chi connectivity index (χ0v) is 14.7. The van der Waals surface area contributed by atoms with Crippen molar-refractivity contribution in [1.29, 1.82) is 0 Å². The molecule has 0 N–H and O–H groups in total. The summed E-state index contributed by atoms with van der Waals surface area (Å²) in [6, 6.07) is 6.53. The predicted octanol–water partition coefficient (Wildman–Crippen LogP) is 4.18. The fourth-order valence-corrected chi connectivity index (χ4v) is 3.49. The Labute approximate surface area is 141 Å². The first-order chi connectivity index (χ1) is 11.1. The summed E-state index contributed by atoms with van der Waals surface area (Å²) < 4.78 is 4.38. The lowest BCUT2D eigenvalue weighted by Crippen LogP contribution is -2.02. The van der Waals surface area contributed by atoms with E-state index in [0.717, 1.165) is 29.7 Å². The van der Waals surface area contributed by atoms with Crippen molar-refractivity contribution < 1.29 is 0 Å². The summed E-state index contributed by atoms with van der Waals surface area (Å²) in [7, 11) is 0. The van der Waals surface area contributed by atoms with Gasteiger partial charge in [0, 0.05) is 37.1 Å². The molecular weight excluding hydrogens is 304 g/mol. The molecule has 120 valence electrons. The molecule has 0 bridgehead atoms. The Balaban J connectivity index is 1.65. The monoisotopic (exact) mass is 326 g/mol. The lowest BCUT2D eigenvalue weighted by Gasteiger charge is -2.11. The molecule has 2 aromatic heterocycles. The van der Waals surface area contributed by atoms with E-state index in [1.807, 2.05) is 43.5 Å². The second-order valence-corrected chi connectivity index (χ2v) is 6.80. The fourth-order valence-electron chi connectivity index (χ4n) is 2.60. The minimum absolute atomic E-state index is 1.00. The molecule has 3 aromatic rings. The zero-order chi connectivity index (χ0) is 16.2. The second-order valence-electron chi connectivity index (χ2n) is 5.74. The average molecular weight is 326 g/mol. The second kappa shape index (κ2) is 7.04. The number of hydrogen-bond donors (Lipinski definition) is 0. The van der Waals surface area contributed by atoms with Gasteiger partial charge in [0.05, 0.1) is 5.69 Å². The number of benzene rings is 1. The molecule has 0 saturated carbocycles. The zero-order valence-electron chi connectivity index (χ0n) is 13.9. The van der Waals surface area contributed by atoms with Gasteiger partial charge in [0.15, 0.2) is 5.16 Å². The molecule has 0 amide bonds. The van der Waals surface area contributed by atoms with E-state index in [1.54, 1.807) is 0 Å². The minimum Gasteiger partial charge on any atom is -0.335 e. The maximum absolute atomic E-state index is 4.52. The van der Waals surface area contributed by atoms with Gasteiger partial charge in [0.25, 0.3) is 0 Å². The normalized spacial score (nSPS) is 11.1. The first-order valence-corrected chi connectivity index (χ1v) is 8.85. The van der Waals surface area contributed by atoms with Gasteiger partial charge in [-0.25, -0.2) is 9.97 Å². The van der Waals surface area contributed by atoms with Crippen LogP contribution in [0.15, 0.2) is 48.1 Å². The lowest BCUT2D eigenvalue weighted by atomic mass is 10.1. The van der Waals surface area contributed by atoms with E-state index in [1.165, 1.54) is 16.8 Å². The van der Waals surface area contributed by atoms with Crippen LogP contribution in [0, 0.1) is 20.8 Å². The number of thioether (sulfide) groups is 1. The third-order valence-electron chi connectivity index (χ3n) is 3.93. The fraction of sp³-hybridized carbons (Fsp3) is 0.333. The van der Waals surface area contributed by atoms with Crippen molar-refractivity contribution in [3.8, 4) is 5.69 Å². The van der Waals surface area contributed by atoms with Crippen molar-refractivity contribution in [2.45, 2.75) is 38.9 Å². The number of aromatic nitrogens is 4. The summed E-state index contributed by atoms with van der Waals surface area (Å²) in [4.78, 5) is 8.78. The molecule has 1 aromatic carbocycles. The third-order valence-corrected chi connectivity index (χ3v) is 4.98. The molecule has 5 heteroatoms. The highest BCUT2D eigenvalue weighted by Crippen LogP contribution is 2.24. The van der Waals surface area contributed by atoms with Crippen LogP contribution in [-0.2, 0) is 6.54 Å². The van der Waals surface area contributed by atoms with Crippen molar-refractivity contribution in [2.24, 2.45) is 0 Å². The highest BCUT2D eigenvalue weighted by atomic mass is 32.2. The quantitative estimate of drug-likeness (QED) is 0.503. The van der Waals surface area contributed by atoms with Gasteiger partial charge in [-0.05, 0) is 44.4 Å². The van der Waals surface area contributed by atoms with E-state index in [9.17, 15) is 0 Å². The molecule has 0 saturated heterocycles.